The monoisotopic (exact) mass is 538 g/mol. The molecule has 5 nitrogen and oxygen atoms in total. The van der Waals surface area contributed by atoms with E-state index in [2.05, 4.69) is 26.5 Å². The van der Waals surface area contributed by atoms with Gasteiger partial charge in [0.2, 0.25) is 0 Å². The zero-order valence-corrected chi connectivity index (χ0v) is 19.4. The zero-order chi connectivity index (χ0) is 24.7. The van der Waals surface area contributed by atoms with Crippen LogP contribution in [-0.4, -0.2) is 18.7 Å². The van der Waals surface area contributed by atoms with Gasteiger partial charge in [0.15, 0.2) is 11.5 Å². The van der Waals surface area contributed by atoms with Crippen LogP contribution in [0.5, 0.6) is 11.5 Å². The molecule has 0 aliphatic carbocycles. The third-order valence-electron chi connectivity index (χ3n) is 4.47. The normalized spacial score (nSPS) is 11.5. The molecule has 10 heteroatoms. The summed E-state index contributed by atoms with van der Waals surface area (Å²) < 4.78 is 63.9. The highest BCUT2D eigenvalue weighted by Gasteiger charge is 2.30. The second-order valence-corrected chi connectivity index (χ2v) is 7.80. The molecule has 1 N–H and O–H groups in total. The summed E-state index contributed by atoms with van der Waals surface area (Å²) in [5.74, 6) is -0.361. The molecule has 0 radical (unpaired) electrons. The van der Waals surface area contributed by atoms with Gasteiger partial charge in [0, 0.05) is 15.6 Å². The fraction of sp³-hybridized carbons (Fsp3) is 0.167. The molecule has 34 heavy (non-hydrogen) atoms. The van der Waals surface area contributed by atoms with E-state index in [0.717, 1.165) is 18.2 Å². The summed E-state index contributed by atoms with van der Waals surface area (Å²) in [4.78, 5) is 12.2. The number of ether oxygens (including phenoxy) is 2. The fourth-order valence-electron chi connectivity index (χ4n) is 2.88. The third kappa shape index (κ3) is 6.80. The van der Waals surface area contributed by atoms with Gasteiger partial charge in [-0.2, -0.15) is 18.3 Å². The van der Waals surface area contributed by atoms with Crippen molar-refractivity contribution >= 4 is 28.1 Å². The van der Waals surface area contributed by atoms with Crippen molar-refractivity contribution in [3.8, 4) is 11.5 Å². The Hall–Kier alpha value is -3.40. The molecule has 3 aromatic rings. The molecule has 0 bridgehead atoms. The predicted molar refractivity (Wildman–Crippen MR) is 123 cm³/mol. The number of hydrogen-bond donors (Lipinski definition) is 1. The van der Waals surface area contributed by atoms with Gasteiger partial charge in [-0.15, -0.1) is 0 Å². The van der Waals surface area contributed by atoms with Crippen LogP contribution in [0.25, 0.3) is 0 Å². The van der Waals surface area contributed by atoms with E-state index in [1.54, 1.807) is 31.2 Å². The lowest BCUT2D eigenvalue weighted by atomic mass is 10.1. The lowest BCUT2D eigenvalue weighted by Crippen LogP contribution is -2.18. The van der Waals surface area contributed by atoms with Gasteiger partial charge in [0.05, 0.1) is 18.4 Å². The molecule has 1 amide bonds. The summed E-state index contributed by atoms with van der Waals surface area (Å²) in [6.45, 7) is 2.26. The minimum Gasteiger partial charge on any atom is -0.490 e. The Labute approximate surface area is 201 Å². The van der Waals surface area contributed by atoms with E-state index < -0.39 is 17.6 Å². The van der Waals surface area contributed by atoms with Gasteiger partial charge < -0.3 is 9.47 Å². The standard InChI is InChI=1S/C24H19BrF4N2O3/c1-2-33-21-11-17(20(25)12-22(21)34-14-15-5-3-8-19(26)9-15)13-30-31-23(32)16-6-4-7-18(10-16)24(27,28)29/h3-13H,2,14H2,1H3,(H,31,32)/b30-13-. The minimum absolute atomic E-state index is 0.116. The third-order valence-corrected chi connectivity index (χ3v) is 5.15. The quantitative estimate of drug-likeness (QED) is 0.206. The fourth-order valence-corrected chi connectivity index (χ4v) is 3.31. The van der Waals surface area contributed by atoms with Crippen LogP contribution in [-0.2, 0) is 12.8 Å². The smallest absolute Gasteiger partial charge is 0.416 e. The lowest BCUT2D eigenvalue weighted by Gasteiger charge is -2.14. The molecule has 3 aromatic carbocycles. The summed E-state index contributed by atoms with van der Waals surface area (Å²) in [6.07, 6.45) is -3.24. The summed E-state index contributed by atoms with van der Waals surface area (Å²) in [7, 11) is 0. The van der Waals surface area contributed by atoms with Gasteiger partial charge in [-0.3, -0.25) is 4.79 Å². The first kappa shape index (κ1) is 25.2. The number of hydrazone groups is 1. The number of halogens is 5. The molecule has 0 aliphatic rings. The second-order valence-electron chi connectivity index (χ2n) is 6.95. The molecule has 0 atom stereocenters. The Balaban J connectivity index is 1.73. The second kappa shape index (κ2) is 11.1. The van der Waals surface area contributed by atoms with Crippen molar-refractivity contribution in [1.29, 1.82) is 0 Å². The first-order valence-corrected chi connectivity index (χ1v) is 10.8. The van der Waals surface area contributed by atoms with Crippen LogP contribution in [0.15, 0.2) is 70.2 Å². The molecule has 0 spiro atoms. The van der Waals surface area contributed by atoms with E-state index in [4.69, 9.17) is 9.47 Å². The number of carbonyl (C=O) groups excluding carboxylic acids is 1. The van der Waals surface area contributed by atoms with Crippen molar-refractivity contribution < 1.29 is 31.8 Å². The number of benzene rings is 3. The number of carbonyl (C=O) groups is 1. The maximum atomic E-state index is 13.4. The molecular weight excluding hydrogens is 520 g/mol. The van der Waals surface area contributed by atoms with Crippen LogP contribution in [0.1, 0.15) is 34.0 Å². The number of amides is 1. The van der Waals surface area contributed by atoms with Crippen LogP contribution in [0.2, 0.25) is 0 Å². The number of rotatable bonds is 8. The van der Waals surface area contributed by atoms with Crippen molar-refractivity contribution in [2.75, 3.05) is 6.61 Å². The van der Waals surface area contributed by atoms with Crippen molar-refractivity contribution in [3.63, 3.8) is 0 Å². The summed E-state index contributed by atoms with van der Waals surface area (Å²) in [6, 6.07) is 13.3. The van der Waals surface area contributed by atoms with E-state index in [-0.39, 0.29) is 18.0 Å². The Morgan fingerprint density at radius 2 is 1.79 bits per heavy atom. The Morgan fingerprint density at radius 1 is 1.06 bits per heavy atom. The average Bonchev–Trinajstić information content (AvgIpc) is 2.79. The largest absolute Gasteiger partial charge is 0.490 e. The minimum atomic E-state index is -4.56. The molecule has 0 unspecified atom stereocenters. The number of hydrogen-bond acceptors (Lipinski definition) is 4. The highest BCUT2D eigenvalue weighted by atomic mass is 79.9. The first-order chi connectivity index (χ1) is 16.2. The molecule has 0 saturated carbocycles. The molecule has 0 saturated heterocycles. The highest BCUT2D eigenvalue weighted by molar-refractivity contribution is 9.10. The maximum Gasteiger partial charge on any atom is 0.416 e. The summed E-state index contributed by atoms with van der Waals surface area (Å²) in [5, 5.41) is 3.83. The van der Waals surface area contributed by atoms with Gasteiger partial charge in [-0.1, -0.05) is 18.2 Å². The molecule has 0 aromatic heterocycles. The maximum absolute atomic E-state index is 13.4. The molecule has 0 aliphatic heterocycles. The topological polar surface area (TPSA) is 59.9 Å². The van der Waals surface area contributed by atoms with Crippen LogP contribution in [0.3, 0.4) is 0 Å². The van der Waals surface area contributed by atoms with Crippen LogP contribution in [0.4, 0.5) is 17.6 Å². The van der Waals surface area contributed by atoms with Crippen LogP contribution >= 0.6 is 15.9 Å². The molecule has 0 fully saturated rings. The SMILES string of the molecule is CCOc1cc(/C=N\NC(=O)c2cccc(C(F)(F)F)c2)c(Br)cc1OCc1cccc(F)c1. The highest BCUT2D eigenvalue weighted by Crippen LogP contribution is 2.34. The van der Waals surface area contributed by atoms with Crippen molar-refractivity contribution in [3.05, 3.63) is 93.2 Å². The van der Waals surface area contributed by atoms with Crippen molar-refractivity contribution in [2.24, 2.45) is 5.10 Å². The van der Waals surface area contributed by atoms with Gasteiger partial charge in [0.1, 0.15) is 12.4 Å². The van der Waals surface area contributed by atoms with Crippen molar-refractivity contribution in [1.82, 2.24) is 5.43 Å². The molecule has 178 valence electrons. The Kier molecular flexibility index (Phi) is 8.27. The molecular formula is C24H19BrF4N2O3. The van der Waals surface area contributed by atoms with Gasteiger partial charge in [-0.05, 0) is 70.9 Å². The summed E-state index contributed by atoms with van der Waals surface area (Å²) >= 11 is 3.39. The lowest BCUT2D eigenvalue weighted by molar-refractivity contribution is -0.137. The van der Waals surface area contributed by atoms with Crippen LogP contribution < -0.4 is 14.9 Å². The van der Waals surface area contributed by atoms with E-state index in [1.165, 1.54) is 24.4 Å². The summed E-state index contributed by atoms with van der Waals surface area (Å²) in [5.41, 5.74) is 2.26. The Morgan fingerprint density at radius 3 is 2.50 bits per heavy atom. The molecule has 3 rings (SSSR count). The number of alkyl halides is 3. The number of nitrogens with zero attached hydrogens (tertiary/aromatic N) is 1. The number of nitrogens with one attached hydrogen (secondary N) is 1. The zero-order valence-electron chi connectivity index (χ0n) is 17.8. The van der Waals surface area contributed by atoms with Gasteiger partial charge in [0.25, 0.3) is 5.91 Å². The predicted octanol–water partition coefficient (Wildman–Crippen LogP) is 6.35. The Bertz CT molecular complexity index is 1200. The van der Waals surface area contributed by atoms with Crippen LogP contribution in [0, 0.1) is 5.82 Å². The van der Waals surface area contributed by atoms with Gasteiger partial charge >= 0.3 is 6.18 Å². The first-order valence-electron chi connectivity index (χ1n) is 10.0. The molecule has 0 heterocycles. The van der Waals surface area contributed by atoms with Gasteiger partial charge in [-0.25, -0.2) is 9.82 Å². The van der Waals surface area contributed by atoms with E-state index in [0.29, 0.717) is 33.7 Å². The van der Waals surface area contributed by atoms with Crippen molar-refractivity contribution in [2.45, 2.75) is 19.7 Å². The van der Waals surface area contributed by atoms with E-state index in [9.17, 15) is 22.4 Å². The average molecular weight is 539 g/mol. The van der Waals surface area contributed by atoms with E-state index in [1.807, 2.05) is 0 Å². The van der Waals surface area contributed by atoms with E-state index >= 15 is 0 Å².